The van der Waals surface area contributed by atoms with E-state index >= 15 is 0 Å². The molecule has 1 aliphatic rings. The number of anilines is 1. The number of aromatic nitrogens is 1. The number of nitrogens with one attached hydrogen (secondary N) is 3. The molecule has 0 aliphatic carbocycles. The molecule has 6 heteroatoms. The quantitative estimate of drug-likeness (QED) is 0.400. The lowest BCUT2D eigenvalue weighted by atomic mass is 9.91. The molecule has 0 bridgehead atoms. The van der Waals surface area contributed by atoms with Gasteiger partial charge in [-0.15, -0.1) is 11.8 Å². The van der Waals surface area contributed by atoms with Crippen molar-refractivity contribution in [1.82, 2.24) is 10.3 Å². The zero-order valence-corrected chi connectivity index (χ0v) is 18.2. The number of thioether (sulfide) groups is 1. The Hall–Kier alpha value is -3.51. The minimum absolute atomic E-state index is 0.00684. The molecule has 2 amide bonds. The molecule has 3 aromatic carbocycles. The van der Waals surface area contributed by atoms with Crippen molar-refractivity contribution < 1.29 is 9.59 Å². The van der Waals surface area contributed by atoms with Crippen molar-refractivity contribution in [3.05, 3.63) is 95.7 Å². The maximum atomic E-state index is 13.0. The third-order valence-corrected chi connectivity index (χ3v) is 6.84. The van der Waals surface area contributed by atoms with Crippen molar-refractivity contribution in [3.8, 4) is 0 Å². The molecule has 0 unspecified atom stereocenters. The van der Waals surface area contributed by atoms with Gasteiger partial charge >= 0.3 is 0 Å². The number of hydrogen-bond donors (Lipinski definition) is 3. The maximum absolute atomic E-state index is 13.0. The Balaban J connectivity index is 1.40. The summed E-state index contributed by atoms with van der Waals surface area (Å²) in [5, 5.41) is 7.17. The van der Waals surface area contributed by atoms with Gasteiger partial charge in [-0.25, -0.2) is 0 Å². The molecular formula is C26H23N3O2S. The molecule has 0 radical (unpaired) electrons. The molecule has 4 aromatic rings. The fraction of sp³-hybridized carbons (Fsp3) is 0.154. The highest BCUT2D eigenvalue weighted by Gasteiger charge is 2.20. The Bertz CT molecular complexity index is 1280. The number of amides is 2. The van der Waals surface area contributed by atoms with E-state index in [1.54, 1.807) is 17.8 Å². The van der Waals surface area contributed by atoms with Gasteiger partial charge in [0.1, 0.15) is 0 Å². The second-order valence-electron chi connectivity index (χ2n) is 7.82. The van der Waals surface area contributed by atoms with Crippen LogP contribution in [0.25, 0.3) is 10.9 Å². The number of benzene rings is 3. The summed E-state index contributed by atoms with van der Waals surface area (Å²) in [4.78, 5) is 29.3. The van der Waals surface area contributed by atoms with Gasteiger partial charge in [-0.05, 0) is 35.4 Å². The smallest absolute Gasteiger partial charge is 0.251 e. The molecule has 2 heterocycles. The van der Waals surface area contributed by atoms with Crippen LogP contribution in [-0.4, -0.2) is 29.1 Å². The summed E-state index contributed by atoms with van der Waals surface area (Å²) in [6, 6.07) is 23.9. The van der Waals surface area contributed by atoms with E-state index in [4.69, 9.17) is 0 Å². The first-order valence-corrected chi connectivity index (χ1v) is 11.6. The summed E-state index contributed by atoms with van der Waals surface area (Å²) < 4.78 is 0. The third-order valence-electron chi connectivity index (χ3n) is 5.77. The highest BCUT2D eigenvalue weighted by atomic mass is 32.2. The molecular weight excluding hydrogens is 418 g/mol. The first-order valence-electron chi connectivity index (χ1n) is 10.6. The third kappa shape index (κ3) is 4.14. The lowest BCUT2D eigenvalue weighted by Gasteiger charge is -2.18. The molecule has 5 rings (SSSR count). The standard InChI is InChI=1S/C26H23N3O2S/c30-25-12-13-32-24-11-10-18(14-23(24)29-25)26(31)28-15-20(17-6-2-1-3-7-17)21-16-27-22-9-5-4-8-19(21)22/h1-11,14,16,20,27H,12-13,15H2,(H,28,31)(H,29,30)/t20-/m0/s1. The van der Waals surface area contributed by atoms with Crippen molar-refractivity contribution in [2.45, 2.75) is 17.2 Å². The van der Waals surface area contributed by atoms with Crippen molar-refractivity contribution in [2.24, 2.45) is 0 Å². The number of H-pyrrole nitrogens is 1. The number of rotatable bonds is 5. The van der Waals surface area contributed by atoms with Gasteiger partial charge in [0.25, 0.3) is 5.91 Å². The lowest BCUT2D eigenvalue weighted by Crippen LogP contribution is -2.29. The molecule has 1 aliphatic heterocycles. The Morgan fingerprint density at radius 1 is 1.03 bits per heavy atom. The van der Waals surface area contributed by atoms with Gasteiger partial charge in [-0.2, -0.15) is 0 Å². The van der Waals surface area contributed by atoms with Gasteiger partial charge in [0.05, 0.1) is 5.69 Å². The number of carbonyl (C=O) groups is 2. The summed E-state index contributed by atoms with van der Waals surface area (Å²) in [5.74, 6) is 0.579. The van der Waals surface area contributed by atoms with E-state index in [-0.39, 0.29) is 17.7 Å². The molecule has 160 valence electrons. The largest absolute Gasteiger partial charge is 0.361 e. The molecule has 1 aromatic heterocycles. The summed E-state index contributed by atoms with van der Waals surface area (Å²) in [7, 11) is 0. The van der Waals surface area contributed by atoms with E-state index in [2.05, 4.69) is 39.9 Å². The second-order valence-corrected chi connectivity index (χ2v) is 8.96. The van der Waals surface area contributed by atoms with E-state index in [9.17, 15) is 9.59 Å². The number of fused-ring (bicyclic) bond motifs is 2. The maximum Gasteiger partial charge on any atom is 0.251 e. The van der Waals surface area contributed by atoms with Crippen LogP contribution < -0.4 is 10.6 Å². The van der Waals surface area contributed by atoms with Crippen LogP contribution in [0, 0.1) is 0 Å². The van der Waals surface area contributed by atoms with Gasteiger partial charge in [0.15, 0.2) is 0 Å². The zero-order valence-electron chi connectivity index (χ0n) is 17.4. The van der Waals surface area contributed by atoms with Crippen LogP contribution >= 0.6 is 11.8 Å². The molecule has 3 N–H and O–H groups in total. The monoisotopic (exact) mass is 441 g/mol. The first-order chi connectivity index (χ1) is 15.7. The van der Waals surface area contributed by atoms with Crippen LogP contribution in [0.1, 0.15) is 33.8 Å². The van der Waals surface area contributed by atoms with Crippen LogP contribution in [0.15, 0.2) is 83.9 Å². The minimum Gasteiger partial charge on any atom is -0.361 e. The molecule has 32 heavy (non-hydrogen) atoms. The lowest BCUT2D eigenvalue weighted by molar-refractivity contribution is -0.115. The van der Waals surface area contributed by atoms with Crippen molar-refractivity contribution in [3.63, 3.8) is 0 Å². The number of aromatic amines is 1. The van der Waals surface area contributed by atoms with Gasteiger partial charge in [-0.3, -0.25) is 9.59 Å². The average molecular weight is 442 g/mol. The minimum atomic E-state index is -0.155. The first kappa shape index (κ1) is 20.4. The van der Waals surface area contributed by atoms with Crippen molar-refractivity contribution >= 4 is 40.2 Å². The molecule has 0 saturated heterocycles. The van der Waals surface area contributed by atoms with Crippen molar-refractivity contribution in [2.75, 3.05) is 17.6 Å². The van der Waals surface area contributed by atoms with E-state index in [1.165, 1.54) is 0 Å². The highest BCUT2D eigenvalue weighted by Crippen LogP contribution is 2.32. The van der Waals surface area contributed by atoms with Gasteiger partial charge in [0, 0.05) is 52.2 Å². The van der Waals surface area contributed by atoms with Crippen LogP contribution in [0.5, 0.6) is 0 Å². The normalized spacial score (nSPS) is 14.3. The predicted molar refractivity (Wildman–Crippen MR) is 129 cm³/mol. The number of para-hydroxylation sites is 1. The van der Waals surface area contributed by atoms with Crippen LogP contribution in [0.2, 0.25) is 0 Å². The highest BCUT2D eigenvalue weighted by molar-refractivity contribution is 7.99. The Labute approximate surface area is 190 Å². The summed E-state index contributed by atoms with van der Waals surface area (Å²) in [6.45, 7) is 0.461. The second kappa shape index (κ2) is 8.93. The van der Waals surface area contributed by atoms with Crippen LogP contribution in [0.4, 0.5) is 5.69 Å². The Morgan fingerprint density at radius 2 is 1.84 bits per heavy atom. The van der Waals surface area contributed by atoms with Gasteiger partial charge < -0.3 is 15.6 Å². The summed E-state index contributed by atoms with van der Waals surface area (Å²) in [6.07, 6.45) is 2.51. The van der Waals surface area contributed by atoms with Gasteiger partial charge in [-0.1, -0.05) is 48.5 Å². The Kier molecular flexibility index (Phi) is 5.69. The molecule has 1 atom stereocenters. The molecule has 0 saturated carbocycles. The predicted octanol–water partition coefficient (Wildman–Crippen LogP) is 5.16. The molecule has 0 spiro atoms. The number of carbonyl (C=O) groups excluding carboxylic acids is 2. The summed E-state index contributed by atoms with van der Waals surface area (Å²) in [5.41, 5.74) is 4.62. The SMILES string of the molecule is O=C1CCSc2ccc(C(=O)NC[C@@H](c3ccccc3)c3c[nH]c4ccccc34)cc2N1. The van der Waals surface area contributed by atoms with E-state index in [1.807, 2.05) is 48.7 Å². The van der Waals surface area contributed by atoms with Gasteiger partial charge in [0.2, 0.25) is 5.91 Å². The summed E-state index contributed by atoms with van der Waals surface area (Å²) >= 11 is 1.63. The van der Waals surface area contributed by atoms with Crippen LogP contribution in [0.3, 0.4) is 0 Å². The number of hydrogen-bond acceptors (Lipinski definition) is 3. The topological polar surface area (TPSA) is 74.0 Å². The molecule has 0 fully saturated rings. The fourth-order valence-electron chi connectivity index (χ4n) is 4.13. The zero-order chi connectivity index (χ0) is 21.9. The van der Waals surface area contributed by atoms with E-state index in [0.717, 1.165) is 32.7 Å². The van der Waals surface area contributed by atoms with Crippen LogP contribution in [-0.2, 0) is 4.79 Å². The molecule has 5 nitrogen and oxygen atoms in total. The fourth-order valence-corrected chi connectivity index (χ4v) is 5.07. The van der Waals surface area contributed by atoms with E-state index < -0.39 is 0 Å². The van der Waals surface area contributed by atoms with E-state index in [0.29, 0.717) is 24.2 Å². The Morgan fingerprint density at radius 3 is 2.72 bits per heavy atom. The average Bonchev–Trinajstić information content (AvgIpc) is 3.15. The van der Waals surface area contributed by atoms with Crippen molar-refractivity contribution in [1.29, 1.82) is 0 Å².